The van der Waals surface area contributed by atoms with Crippen molar-refractivity contribution in [2.45, 2.75) is 20.1 Å². The number of aliphatic hydroxyl groups is 1. The van der Waals surface area contributed by atoms with Crippen molar-refractivity contribution >= 4 is 9.17 Å². The summed E-state index contributed by atoms with van der Waals surface area (Å²) in [5.74, 6) is 0. The molecule has 0 radical (unpaired) electrons. The minimum absolute atomic E-state index is 0.258. The molecule has 0 aliphatic carbocycles. The van der Waals surface area contributed by atoms with Crippen LogP contribution in [0, 0.1) is 0 Å². The summed E-state index contributed by atoms with van der Waals surface area (Å²) in [7, 11) is -2.80. The molecule has 0 aromatic rings. The molecule has 0 bridgehead atoms. The van der Waals surface area contributed by atoms with Gasteiger partial charge in [-0.1, -0.05) is 0 Å². The molecule has 0 aliphatic heterocycles. The molecule has 11 heavy (non-hydrogen) atoms. The van der Waals surface area contributed by atoms with Gasteiger partial charge < -0.3 is 14.3 Å². The first-order valence-corrected chi connectivity index (χ1v) is 4.24. The van der Waals surface area contributed by atoms with E-state index in [1.165, 1.54) is 6.92 Å². The second kappa shape index (κ2) is 6.22. The van der Waals surface area contributed by atoms with E-state index in [2.05, 4.69) is 18.9 Å². The number of aliphatic hydroxyl groups excluding tert-OH is 1. The van der Waals surface area contributed by atoms with Gasteiger partial charge in [-0.05, 0) is 13.8 Å². The molecule has 7 heteroatoms. The molecule has 6 nitrogen and oxygen atoms in total. The van der Waals surface area contributed by atoms with Gasteiger partial charge in [0.15, 0.2) is 6.29 Å². The summed E-state index contributed by atoms with van der Waals surface area (Å²) in [5, 5.41) is 8.46. The fraction of sp³-hybridized carbons (Fsp3) is 1.00. The molecule has 1 unspecified atom stereocenters. The molecular formula is C4H10O6Si. The lowest BCUT2D eigenvalue weighted by Gasteiger charge is -2.03. The number of rotatable bonds is 6. The molecule has 0 heterocycles. The Kier molecular flexibility index (Phi) is 5.94. The van der Waals surface area contributed by atoms with Crippen LogP contribution in [-0.4, -0.2) is 27.2 Å². The largest absolute Gasteiger partial charge is 0.835 e. The smallest absolute Gasteiger partial charge is 0.365 e. The van der Waals surface area contributed by atoms with Crippen LogP contribution in [-0.2, 0) is 23.4 Å². The minimum Gasteiger partial charge on any atom is -0.365 e. The van der Waals surface area contributed by atoms with Crippen LogP contribution < -0.4 is 0 Å². The van der Waals surface area contributed by atoms with Crippen LogP contribution in [0.25, 0.3) is 0 Å². The van der Waals surface area contributed by atoms with Crippen molar-refractivity contribution in [1.29, 1.82) is 0 Å². The Morgan fingerprint density at radius 3 is 2.64 bits per heavy atom. The lowest BCUT2D eigenvalue weighted by molar-refractivity contribution is -0.335. The highest BCUT2D eigenvalue weighted by Gasteiger charge is 2.15. The standard InChI is InChI=1S/C4H10O6Si/c1-3-7-9-11(6)10-8-4(2)5/h4-5H,3H2,1-2H3. The first kappa shape index (κ1) is 10.5. The molecule has 1 N–H and O–H groups in total. The molecule has 0 saturated carbocycles. The number of hydrogen-bond donors (Lipinski definition) is 1. The second-order valence-corrected chi connectivity index (χ2v) is 2.35. The Bertz CT molecular complexity index is 115. The SMILES string of the molecule is CCOO[Si](=O)OOC(C)O. The summed E-state index contributed by atoms with van der Waals surface area (Å²) >= 11 is 0. The van der Waals surface area contributed by atoms with E-state index in [0.717, 1.165) is 0 Å². The van der Waals surface area contributed by atoms with Crippen LogP contribution in [0.15, 0.2) is 0 Å². The summed E-state index contributed by atoms with van der Waals surface area (Å²) in [6.45, 7) is 3.22. The highest BCUT2D eigenvalue weighted by atomic mass is 28.3. The Morgan fingerprint density at radius 1 is 1.55 bits per heavy atom. The zero-order valence-corrected chi connectivity index (χ0v) is 7.27. The predicted octanol–water partition coefficient (Wildman–Crippen LogP) is -0.344. The van der Waals surface area contributed by atoms with E-state index in [1.54, 1.807) is 6.92 Å². The first-order chi connectivity index (χ1) is 5.16. The Hall–Kier alpha value is -0.503. The van der Waals surface area contributed by atoms with E-state index in [4.69, 9.17) is 5.11 Å². The van der Waals surface area contributed by atoms with Gasteiger partial charge in [0.1, 0.15) is 0 Å². The van der Waals surface area contributed by atoms with Crippen molar-refractivity contribution in [3.8, 4) is 0 Å². The fourth-order valence-electron chi connectivity index (χ4n) is 0.230. The van der Waals surface area contributed by atoms with Gasteiger partial charge in [0.25, 0.3) is 0 Å². The molecule has 1 atom stereocenters. The molecule has 0 aromatic carbocycles. The summed E-state index contributed by atoms with van der Waals surface area (Å²) < 4.78 is 18.7. The van der Waals surface area contributed by atoms with Crippen molar-refractivity contribution in [2.24, 2.45) is 0 Å². The average molecular weight is 182 g/mol. The van der Waals surface area contributed by atoms with Crippen LogP contribution >= 0.6 is 0 Å². The van der Waals surface area contributed by atoms with Crippen LogP contribution in [0.5, 0.6) is 0 Å². The van der Waals surface area contributed by atoms with E-state index in [-0.39, 0.29) is 6.61 Å². The van der Waals surface area contributed by atoms with Crippen molar-refractivity contribution in [2.75, 3.05) is 6.61 Å². The van der Waals surface area contributed by atoms with Crippen LogP contribution in [0.1, 0.15) is 13.8 Å². The maximum absolute atomic E-state index is 10.5. The van der Waals surface area contributed by atoms with Crippen molar-refractivity contribution in [3.63, 3.8) is 0 Å². The maximum atomic E-state index is 10.5. The lowest BCUT2D eigenvalue weighted by Crippen LogP contribution is -2.17. The fourth-order valence-corrected chi connectivity index (χ4v) is 0.690. The molecule has 0 aliphatic rings. The summed E-state index contributed by atoms with van der Waals surface area (Å²) in [4.78, 5) is 8.36. The Balaban J connectivity index is 3.23. The summed E-state index contributed by atoms with van der Waals surface area (Å²) in [6.07, 6.45) is -1.14. The minimum atomic E-state index is -2.80. The van der Waals surface area contributed by atoms with Gasteiger partial charge in [0, 0.05) is 0 Å². The molecule has 0 fully saturated rings. The first-order valence-electron chi connectivity index (χ1n) is 3.01. The molecule has 0 amide bonds. The van der Waals surface area contributed by atoms with Crippen molar-refractivity contribution < 1.29 is 28.5 Å². The van der Waals surface area contributed by atoms with Crippen molar-refractivity contribution in [1.82, 2.24) is 0 Å². The Morgan fingerprint density at radius 2 is 2.18 bits per heavy atom. The molecular weight excluding hydrogens is 172 g/mol. The van der Waals surface area contributed by atoms with Crippen molar-refractivity contribution in [3.05, 3.63) is 0 Å². The van der Waals surface area contributed by atoms with E-state index >= 15 is 0 Å². The maximum Gasteiger partial charge on any atom is 0.835 e. The third kappa shape index (κ3) is 7.39. The monoisotopic (exact) mass is 182 g/mol. The molecule has 0 aromatic heterocycles. The predicted molar refractivity (Wildman–Crippen MR) is 33.0 cm³/mol. The third-order valence-electron chi connectivity index (χ3n) is 0.500. The van der Waals surface area contributed by atoms with Gasteiger partial charge in [-0.25, -0.2) is 0 Å². The van der Waals surface area contributed by atoms with Crippen LogP contribution in [0.4, 0.5) is 0 Å². The highest BCUT2D eigenvalue weighted by Crippen LogP contribution is 1.87. The Labute approximate surface area is 65.4 Å². The van der Waals surface area contributed by atoms with E-state index < -0.39 is 15.5 Å². The second-order valence-electron chi connectivity index (χ2n) is 1.52. The van der Waals surface area contributed by atoms with E-state index in [9.17, 15) is 4.46 Å². The van der Waals surface area contributed by atoms with Gasteiger partial charge >= 0.3 is 9.17 Å². The zero-order chi connectivity index (χ0) is 8.69. The third-order valence-corrected chi connectivity index (χ3v) is 0.986. The number of hydrogen-bond acceptors (Lipinski definition) is 6. The van der Waals surface area contributed by atoms with E-state index in [0.29, 0.717) is 0 Å². The average Bonchev–Trinajstić information content (AvgIpc) is 1.97. The summed E-state index contributed by atoms with van der Waals surface area (Å²) in [5.41, 5.74) is 0. The zero-order valence-electron chi connectivity index (χ0n) is 6.27. The van der Waals surface area contributed by atoms with Gasteiger partial charge in [-0.2, -0.15) is 9.78 Å². The molecule has 0 spiro atoms. The lowest BCUT2D eigenvalue weighted by atomic mass is 10.8. The molecule has 0 rings (SSSR count). The van der Waals surface area contributed by atoms with Crippen LogP contribution in [0.2, 0.25) is 0 Å². The van der Waals surface area contributed by atoms with Gasteiger partial charge in [0.2, 0.25) is 0 Å². The molecule has 0 saturated heterocycles. The van der Waals surface area contributed by atoms with E-state index in [1.807, 2.05) is 0 Å². The van der Waals surface area contributed by atoms with Gasteiger partial charge in [-0.3, -0.25) is 4.46 Å². The topological polar surface area (TPSA) is 74.2 Å². The normalized spacial score (nSPS) is 12.3. The van der Waals surface area contributed by atoms with Gasteiger partial charge in [0.05, 0.1) is 6.61 Å². The quantitative estimate of drug-likeness (QED) is 0.262. The highest BCUT2D eigenvalue weighted by molar-refractivity contribution is 6.25. The van der Waals surface area contributed by atoms with Crippen LogP contribution in [0.3, 0.4) is 0 Å². The van der Waals surface area contributed by atoms with Gasteiger partial charge in [-0.15, -0.1) is 0 Å². The summed E-state index contributed by atoms with van der Waals surface area (Å²) in [6, 6.07) is 0. The molecule has 66 valence electrons.